The van der Waals surface area contributed by atoms with E-state index in [1.807, 2.05) is 18.2 Å². The summed E-state index contributed by atoms with van der Waals surface area (Å²) in [6.45, 7) is 2.28. The normalized spacial score (nSPS) is 31.6. The Kier molecular flexibility index (Phi) is 3.79. The van der Waals surface area contributed by atoms with E-state index >= 15 is 0 Å². The van der Waals surface area contributed by atoms with Gasteiger partial charge < -0.3 is 9.84 Å². The second-order valence-corrected chi connectivity index (χ2v) is 6.15. The van der Waals surface area contributed by atoms with Crippen molar-refractivity contribution >= 4 is 0 Å². The summed E-state index contributed by atoms with van der Waals surface area (Å²) in [5.41, 5.74) is 1.24. The molecule has 2 aliphatic rings. The lowest BCUT2D eigenvalue weighted by Crippen LogP contribution is -2.38. The third kappa shape index (κ3) is 2.64. The molecule has 2 atom stereocenters. The number of ether oxygens (including phenoxy) is 1. The summed E-state index contributed by atoms with van der Waals surface area (Å²) in [6.07, 6.45) is 6.70. The molecule has 1 aliphatic carbocycles. The average molecular weight is 260 g/mol. The first-order valence-corrected chi connectivity index (χ1v) is 7.70. The van der Waals surface area contributed by atoms with E-state index in [-0.39, 0.29) is 12.2 Å². The van der Waals surface area contributed by atoms with Crippen molar-refractivity contribution in [2.24, 2.45) is 11.8 Å². The molecule has 1 heterocycles. The predicted octanol–water partition coefficient (Wildman–Crippen LogP) is 3.57. The van der Waals surface area contributed by atoms with Gasteiger partial charge >= 0.3 is 0 Å². The fourth-order valence-electron chi connectivity index (χ4n) is 3.64. The molecule has 0 radical (unpaired) electrons. The Morgan fingerprint density at radius 1 is 1.21 bits per heavy atom. The molecule has 2 nitrogen and oxygen atoms in total. The van der Waals surface area contributed by atoms with E-state index in [1.54, 1.807) is 0 Å². The molecule has 1 fully saturated rings. The van der Waals surface area contributed by atoms with Crippen LogP contribution in [0.25, 0.3) is 0 Å². The molecule has 19 heavy (non-hydrogen) atoms. The smallest absolute Gasteiger partial charge is 0.129 e. The number of hydrogen-bond acceptors (Lipinski definition) is 2. The monoisotopic (exact) mass is 260 g/mol. The van der Waals surface area contributed by atoms with Gasteiger partial charge in [-0.1, -0.05) is 44.4 Å². The van der Waals surface area contributed by atoms with Crippen LogP contribution >= 0.6 is 0 Å². The van der Waals surface area contributed by atoms with Gasteiger partial charge in [0.2, 0.25) is 0 Å². The maximum absolute atomic E-state index is 10.6. The van der Waals surface area contributed by atoms with Crippen molar-refractivity contribution in [1.82, 2.24) is 0 Å². The van der Waals surface area contributed by atoms with Crippen LogP contribution in [0.15, 0.2) is 24.3 Å². The van der Waals surface area contributed by atoms with Gasteiger partial charge in [-0.05, 0) is 36.3 Å². The Morgan fingerprint density at radius 2 is 1.95 bits per heavy atom. The lowest BCUT2D eigenvalue weighted by atomic mass is 9.77. The second kappa shape index (κ2) is 5.54. The highest BCUT2D eigenvalue weighted by Crippen LogP contribution is 2.37. The number of fused-ring (bicyclic) bond motifs is 1. The predicted molar refractivity (Wildman–Crippen MR) is 76.3 cm³/mol. The molecule has 1 saturated carbocycles. The number of rotatable bonds is 3. The maximum Gasteiger partial charge on any atom is 0.129 e. The zero-order valence-electron chi connectivity index (χ0n) is 11.7. The average Bonchev–Trinajstić information content (AvgIpc) is 2.90. The summed E-state index contributed by atoms with van der Waals surface area (Å²) in [5.74, 6) is 2.28. The summed E-state index contributed by atoms with van der Waals surface area (Å²) >= 11 is 0. The van der Waals surface area contributed by atoms with Crippen molar-refractivity contribution < 1.29 is 9.84 Å². The first kappa shape index (κ1) is 13.0. The van der Waals surface area contributed by atoms with Crippen LogP contribution in [0.2, 0.25) is 0 Å². The van der Waals surface area contributed by atoms with E-state index in [4.69, 9.17) is 4.74 Å². The molecule has 0 spiro atoms. The molecule has 104 valence electrons. The van der Waals surface area contributed by atoms with Crippen LogP contribution < -0.4 is 4.74 Å². The molecule has 0 bridgehead atoms. The number of hydrogen-bond donors (Lipinski definition) is 1. The van der Waals surface area contributed by atoms with Crippen LogP contribution in [-0.4, -0.2) is 17.3 Å². The first-order valence-electron chi connectivity index (χ1n) is 7.70. The van der Waals surface area contributed by atoms with Crippen LogP contribution in [0.1, 0.15) is 44.6 Å². The lowest BCUT2D eigenvalue weighted by molar-refractivity contribution is -0.00885. The third-order valence-corrected chi connectivity index (χ3v) is 5.00. The molecule has 0 saturated heterocycles. The van der Waals surface area contributed by atoms with Gasteiger partial charge in [-0.15, -0.1) is 0 Å². The summed E-state index contributed by atoms with van der Waals surface area (Å²) in [6, 6.07) is 8.16. The summed E-state index contributed by atoms with van der Waals surface area (Å²) < 4.78 is 5.93. The number of para-hydroxylation sites is 1. The van der Waals surface area contributed by atoms with Gasteiger partial charge in [0.05, 0.1) is 6.10 Å². The summed E-state index contributed by atoms with van der Waals surface area (Å²) in [5, 5.41) is 10.6. The third-order valence-electron chi connectivity index (χ3n) is 5.00. The lowest BCUT2D eigenvalue weighted by Gasteiger charge is -2.33. The second-order valence-electron chi connectivity index (χ2n) is 6.15. The van der Waals surface area contributed by atoms with Crippen molar-refractivity contribution in [1.29, 1.82) is 0 Å². The highest BCUT2D eigenvalue weighted by atomic mass is 16.5. The molecule has 1 aromatic rings. The van der Waals surface area contributed by atoms with Gasteiger partial charge in [0.25, 0.3) is 0 Å². The Labute approximate surface area is 115 Å². The van der Waals surface area contributed by atoms with Gasteiger partial charge in [-0.3, -0.25) is 0 Å². The number of aliphatic hydroxyl groups is 1. The molecule has 2 unspecified atom stereocenters. The summed E-state index contributed by atoms with van der Waals surface area (Å²) in [4.78, 5) is 0. The van der Waals surface area contributed by atoms with Crippen molar-refractivity contribution in [2.75, 3.05) is 0 Å². The Bertz CT molecular complexity index is 396. The first-order chi connectivity index (χ1) is 9.28. The highest BCUT2D eigenvalue weighted by molar-refractivity contribution is 5.37. The minimum absolute atomic E-state index is 0.0272. The van der Waals surface area contributed by atoms with Crippen molar-refractivity contribution in [3.05, 3.63) is 29.8 Å². The van der Waals surface area contributed by atoms with E-state index in [0.29, 0.717) is 5.92 Å². The zero-order chi connectivity index (χ0) is 13.2. The van der Waals surface area contributed by atoms with Crippen LogP contribution in [0.4, 0.5) is 0 Å². The van der Waals surface area contributed by atoms with Gasteiger partial charge in [0.1, 0.15) is 11.9 Å². The number of aliphatic hydroxyl groups excluding tert-OH is 1. The van der Waals surface area contributed by atoms with E-state index in [0.717, 1.165) is 30.9 Å². The van der Waals surface area contributed by atoms with Gasteiger partial charge in [0, 0.05) is 6.42 Å². The quantitative estimate of drug-likeness (QED) is 0.900. The summed E-state index contributed by atoms with van der Waals surface area (Å²) in [7, 11) is 0. The molecule has 3 rings (SSSR count). The molecule has 0 amide bonds. The fraction of sp³-hybridized carbons (Fsp3) is 0.647. The zero-order valence-corrected chi connectivity index (χ0v) is 11.7. The molecule has 1 aromatic carbocycles. The van der Waals surface area contributed by atoms with Crippen molar-refractivity contribution in [3.63, 3.8) is 0 Å². The number of benzene rings is 1. The van der Waals surface area contributed by atoms with E-state index in [9.17, 15) is 5.11 Å². The molecule has 1 aliphatic heterocycles. The van der Waals surface area contributed by atoms with Gasteiger partial charge in [-0.25, -0.2) is 0 Å². The Balaban J connectivity index is 1.59. The van der Waals surface area contributed by atoms with Crippen molar-refractivity contribution in [3.8, 4) is 5.75 Å². The van der Waals surface area contributed by atoms with Crippen molar-refractivity contribution in [2.45, 2.75) is 57.7 Å². The van der Waals surface area contributed by atoms with Gasteiger partial charge in [-0.2, -0.15) is 0 Å². The molecule has 0 aromatic heterocycles. The highest BCUT2D eigenvalue weighted by Gasteiger charge is 2.35. The van der Waals surface area contributed by atoms with Crippen LogP contribution in [0.3, 0.4) is 0 Å². The topological polar surface area (TPSA) is 29.5 Å². The molecular formula is C17H24O2. The minimum Gasteiger partial charge on any atom is -0.487 e. The Morgan fingerprint density at radius 3 is 2.63 bits per heavy atom. The minimum atomic E-state index is -0.301. The van der Waals surface area contributed by atoms with Crippen LogP contribution in [0, 0.1) is 11.8 Å². The SMILES string of the molecule is CCC1CCC(C(O)C2Cc3ccccc3O2)CC1. The maximum atomic E-state index is 10.6. The van der Waals surface area contributed by atoms with E-state index in [2.05, 4.69) is 13.0 Å². The fourth-order valence-corrected chi connectivity index (χ4v) is 3.64. The van der Waals surface area contributed by atoms with Crippen LogP contribution in [-0.2, 0) is 6.42 Å². The van der Waals surface area contributed by atoms with Gasteiger partial charge in [0.15, 0.2) is 0 Å². The molecule has 1 N–H and O–H groups in total. The van der Waals surface area contributed by atoms with E-state index < -0.39 is 0 Å². The van der Waals surface area contributed by atoms with Crippen LogP contribution in [0.5, 0.6) is 5.75 Å². The largest absolute Gasteiger partial charge is 0.487 e. The Hall–Kier alpha value is -1.02. The van der Waals surface area contributed by atoms with E-state index in [1.165, 1.54) is 24.8 Å². The molecular weight excluding hydrogens is 236 g/mol. The molecule has 2 heteroatoms. The standard InChI is InChI=1S/C17H24O2/c1-2-12-7-9-13(10-8-12)17(18)16-11-14-5-3-4-6-15(14)19-16/h3-6,12-13,16-18H,2,7-11H2,1H3.